The number of amides is 1. The van der Waals surface area contributed by atoms with Gasteiger partial charge in [-0.3, -0.25) is 4.79 Å². The van der Waals surface area contributed by atoms with Gasteiger partial charge in [-0.2, -0.15) is 0 Å². The lowest BCUT2D eigenvalue weighted by Gasteiger charge is -2.18. The highest BCUT2D eigenvalue weighted by atomic mass is 16.3. The number of aryl methyl sites for hydroxylation is 1. The van der Waals surface area contributed by atoms with Crippen molar-refractivity contribution in [3.63, 3.8) is 0 Å². The fraction of sp³-hybridized carbons (Fsp3) is 0.310. The van der Waals surface area contributed by atoms with E-state index in [2.05, 4.69) is 58.9 Å². The molecule has 6 rings (SSSR count). The second-order valence-corrected chi connectivity index (χ2v) is 9.88. The molecule has 0 radical (unpaired) electrons. The first kappa shape index (κ1) is 21.0. The third-order valence-corrected chi connectivity index (χ3v) is 7.19. The standard InChI is InChI=1S/C29H29N3O2/c1-19-5-12-27-26(15-19)30-28(22-8-6-21(7-9-22)24-3-2-4-25(33)16-24)32(27)18-20-13-14-31(17-20)29(34)23-10-11-23/h2-9,12,15-16,20,23,33H,10-11,13-14,17-18H2,1H3/t20-/m1/s1. The van der Waals surface area contributed by atoms with Gasteiger partial charge in [0, 0.05) is 31.1 Å². The first-order valence-corrected chi connectivity index (χ1v) is 12.2. The predicted molar refractivity (Wildman–Crippen MR) is 134 cm³/mol. The van der Waals surface area contributed by atoms with Crippen LogP contribution in [0.4, 0.5) is 0 Å². The molecule has 1 N–H and O–H groups in total. The SMILES string of the molecule is Cc1ccc2c(c1)nc(-c1ccc(-c3cccc(O)c3)cc1)n2C[C@@H]1CCN(C(=O)C2CC2)C1. The minimum absolute atomic E-state index is 0.268. The summed E-state index contributed by atoms with van der Waals surface area (Å²) in [6.45, 7) is 4.68. The van der Waals surface area contributed by atoms with Crippen LogP contribution in [0.25, 0.3) is 33.5 Å². The highest BCUT2D eigenvalue weighted by Gasteiger charge is 2.36. The molecular weight excluding hydrogens is 422 g/mol. The van der Waals surface area contributed by atoms with Crippen molar-refractivity contribution in [1.29, 1.82) is 0 Å². The van der Waals surface area contributed by atoms with Gasteiger partial charge in [-0.05, 0) is 73.1 Å². The van der Waals surface area contributed by atoms with Crippen molar-refractivity contribution >= 4 is 16.9 Å². The molecule has 1 aliphatic heterocycles. The van der Waals surface area contributed by atoms with Gasteiger partial charge in [0.25, 0.3) is 0 Å². The monoisotopic (exact) mass is 451 g/mol. The summed E-state index contributed by atoms with van der Waals surface area (Å²) < 4.78 is 2.34. The Kier molecular flexibility index (Phi) is 5.13. The molecule has 34 heavy (non-hydrogen) atoms. The summed E-state index contributed by atoms with van der Waals surface area (Å²) in [5.41, 5.74) is 6.47. The van der Waals surface area contributed by atoms with Crippen LogP contribution in [0.5, 0.6) is 5.75 Å². The maximum absolute atomic E-state index is 12.6. The van der Waals surface area contributed by atoms with Crippen molar-refractivity contribution in [2.45, 2.75) is 32.7 Å². The highest BCUT2D eigenvalue weighted by Crippen LogP contribution is 2.34. The maximum Gasteiger partial charge on any atom is 0.225 e. The molecule has 0 unspecified atom stereocenters. The Hall–Kier alpha value is -3.60. The van der Waals surface area contributed by atoms with Crippen LogP contribution in [0, 0.1) is 18.8 Å². The van der Waals surface area contributed by atoms with E-state index in [1.807, 2.05) is 12.1 Å². The number of hydrogen-bond donors (Lipinski definition) is 1. The van der Waals surface area contributed by atoms with E-state index in [4.69, 9.17) is 4.98 Å². The Balaban J connectivity index is 1.32. The van der Waals surface area contributed by atoms with Gasteiger partial charge in [-0.25, -0.2) is 4.98 Å². The third kappa shape index (κ3) is 3.96. The van der Waals surface area contributed by atoms with E-state index in [1.54, 1.807) is 12.1 Å². The Morgan fingerprint density at radius 1 is 0.971 bits per heavy atom. The Labute approximate surface area is 199 Å². The van der Waals surface area contributed by atoms with Crippen molar-refractivity contribution in [2.24, 2.45) is 11.8 Å². The number of rotatable bonds is 5. The average molecular weight is 452 g/mol. The molecule has 1 amide bonds. The maximum atomic E-state index is 12.6. The summed E-state index contributed by atoms with van der Waals surface area (Å²) in [4.78, 5) is 19.7. The normalized spacial score (nSPS) is 18.0. The molecule has 5 nitrogen and oxygen atoms in total. The van der Waals surface area contributed by atoms with Gasteiger partial charge in [0.05, 0.1) is 11.0 Å². The first-order valence-electron chi connectivity index (χ1n) is 12.2. The minimum Gasteiger partial charge on any atom is -0.508 e. The second-order valence-electron chi connectivity index (χ2n) is 9.88. The molecule has 2 fully saturated rings. The zero-order valence-corrected chi connectivity index (χ0v) is 19.4. The lowest BCUT2D eigenvalue weighted by Crippen LogP contribution is -2.30. The van der Waals surface area contributed by atoms with E-state index in [-0.39, 0.29) is 11.7 Å². The van der Waals surface area contributed by atoms with Crippen LogP contribution in [0.1, 0.15) is 24.8 Å². The number of aromatic nitrogens is 2. The van der Waals surface area contributed by atoms with Crippen molar-refractivity contribution in [2.75, 3.05) is 13.1 Å². The fourth-order valence-corrected chi connectivity index (χ4v) is 5.17. The second kappa shape index (κ2) is 8.32. The van der Waals surface area contributed by atoms with Crippen molar-refractivity contribution in [1.82, 2.24) is 14.5 Å². The molecule has 1 saturated carbocycles. The number of benzene rings is 3. The van der Waals surface area contributed by atoms with Gasteiger partial charge in [-0.15, -0.1) is 0 Å². The lowest BCUT2D eigenvalue weighted by molar-refractivity contribution is -0.131. The van der Waals surface area contributed by atoms with Gasteiger partial charge in [0.15, 0.2) is 0 Å². The molecule has 1 atom stereocenters. The van der Waals surface area contributed by atoms with Crippen molar-refractivity contribution < 1.29 is 9.90 Å². The highest BCUT2D eigenvalue weighted by molar-refractivity contribution is 5.82. The van der Waals surface area contributed by atoms with Crippen LogP contribution in [-0.2, 0) is 11.3 Å². The summed E-state index contributed by atoms with van der Waals surface area (Å²) in [6, 6.07) is 22.2. The molecule has 3 aromatic carbocycles. The molecule has 1 aliphatic carbocycles. The minimum atomic E-state index is 0.268. The number of nitrogens with zero attached hydrogens (tertiary/aromatic N) is 3. The van der Waals surface area contributed by atoms with E-state index >= 15 is 0 Å². The molecule has 0 bridgehead atoms. The third-order valence-electron chi connectivity index (χ3n) is 7.19. The summed E-state index contributed by atoms with van der Waals surface area (Å²) >= 11 is 0. The number of likely N-dealkylation sites (tertiary alicyclic amines) is 1. The topological polar surface area (TPSA) is 58.4 Å². The summed E-state index contributed by atoms with van der Waals surface area (Å²) in [6.07, 6.45) is 3.17. The molecule has 4 aromatic rings. The van der Waals surface area contributed by atoms with Gasteiger partial charge < -0.3 is 14.6 Å². The average Bonchev–Trinajstić information content (AvgIpc) is 3.49. The van der Waals surface area contributed by atoms with Gasteiger partial charge in [-0.1, -0.05) is 42.5 Å². The predicted octanol–water partition coefficient (Wildman–Crippen LogP) is 5.64. The van der Waals surface area contributed by atoms with Crippen LogP contribution in [0.2, 0.25) is 0 Å². The first-order chi connectivity index (χ1) is 16.5. The molecule has 5 heteroatoms. The van der Waals surface area contributed by atoms with Gasteiger partial charge in [0.2, 0.25) is 5.91 Å². The number of fused-ring (bicyclic) bond motifs is 1. The van der Waals surface area contributed by atoms with Gasteiger partial charge >= 0.3 is 0 Å². The number of imidazole rings is 1. The Morgan fingerprint density at radius 2 is 1.76 bits per heavy atom. The van der Waals surface area contributed by atoms with Crippen LogP contribution < -0.4 is 0 Å². The number of hydrogen-bond acceptors (Lipinski definition) is 3. The number of carbonyl (C=O) groups excluding carboxylic acids is 1. The Morgan fingerprint density at radius 3 is 2.53 bits per heavy atom. The molecule has 2 heterocycles. The zero-order valence-electron chi connectivity index (χ0n) is 19.4. The fourth-order valence-electron chi connectivity index (χ4n) is 5.17. The molecule has 2 aliphatic rings. The Bertz CT molecular complexity index is 1370. The molecular formula is C29H29N3O2. The number of aromatic hydroxyl groups is 1. The van der Waals surface area contributed by atoms with E-state index < -0.39 is 0 Å². The molecule has 1 aromatic heterocycles. The molecule has 172 valence electrons. The van der Waals surface area contributed by atoms with Crippen LogP contribution >= 0.6 is 0 Å². The summed E-state index contributed by atoms with van der Waals surface area (Å²) in [7, 11) is 0. The molecule has 0 spiro atoms. The van der Waals surface area contributed by atoms with E-state index in [1.165, 1.54) is 5.56 Å². The van der Waals surface area contributed by atoms with E-state index in [0.717, 1.165) is 72.4 Å². The largest absolute Gasteiger partial charge is 0.508 e. The van der Waals surface area contributed by atoms with Gasteiger partial charge in [0.1, 0.15) is 11.6 Å². The number of phenols is 1. The number of phenolic OH excluding ortho intramolecular Hbond substituents is 1. The van der Waals surface area contributed by atoms with Crippen LogP contribution in [0.3, 0.4) is 0 Å². The molecule has 1 saturated heterocycles. The van der Waals surface area contributed by atoms with Crippen molar-refractivity contribution in [3.05, 3.63) is 72.3 Å². The van der Waals surface area contributed by atoms with Crippen molar-refractivity contribution in [3.8, 4) is 28.3 Å². The zero-order chi connectivity index (χ0) is 23.2. The lowest BCUT2D eigenvalue weighted by atomic mass is 10.0. The number of carbonyl (C=O) groups is 1. The summed E-state index contributed by atoms with van der Waals surface area (Å²) in [5, 5.41) is 9.83. The van der Waals surface area contributed by atoms with Crippen LogP contribution in [-0.4, -0.2) is 38.6 Å². The van der Waals surface area contributed by atoms with E-state index in [0.29, 0.717) is 11.8 Å². The quantitative estimate of drug-likeness (QED) is 0.427. The summed E-state index contributed by atoms with van der Waals surface area (Å²) in [5.74, 6) is 2.32. The smallest absolute Gasteiger partial charge is 0.225 e. The van der Waals surface area contributed by atoms with E-state index in [9.17, 15) is 9.90 Å². The van der Waals surface area contributed by atoms with Crippen LogP contribution in [0.15, 0.2) is 66.7 Å².